The molecular formula is C5H14N2OSi2. The maximum absolute atomic E-state index is 10.8. The lowest BCUT2D eigenvalue weighted by Crippen LogP contribution is -2.50. The molecule has 10 heavy (non-hydrogen) atoms. The van der Waals surface area contributed by atoms with Gasteiger partial charge in [-0.05, 0) is 0 Å². The number of rotatable bonds is 2. The monoisotopic (exact) mass is 174 g/mol. The number of urea groups is 1. The minimum absolute atomic E-state index is 0.252. The molecule has 0 unspecified atom stereocenters. The van der Waals surface area contributed by atoms with Crippen molar-refractivity contribution in [3.63, 3.8) is 0 Å². The van der Waals surface area contributed by atoms with E-state index in [2.05, 4.69) is 26.2 Å². The first-order valence-corrected chi connectivity index (χ1v) is 8.06. The molecule has 0 heterocycles. The molecule has 0 aromatic rings. The molecule has 0 aliphatic rings. The predicted octanol–water partition coefficient (Wildman–Crippen LogP) is 0.869. The molecule has 0 fully saturated rings. The zero-order chi connectivity index (χ0) is 8.31. The molecule has 0 atom stereocenters. The molecule has 58 valence electrons. The molecule has 0 spiro atoms. The van der Waals surface area contributed by atoms with Crippen LogP contribution in [0.2, 0.25) is 26.2 Å². The number of hydrogen-bond acceptors (Lipinski definition) is 1. The van der Waals surface area contributed by atoms with Crippen LogP contribution in [0.15, 0.2) is 0 Å². The predicted molar refractivity (Wildman–Crippen MR) is 46.4 cm³/mol. The molecule has 0 aromatic heterocycles. The Kier molecular flexibility index (Phi) is 3.66. The van der Waals surface area contributed by atoms with Crippen LogP contribution in [0.5, 0.6) is 0 Å². The number of carbonyl (C=O) groups is 1. The van der Waals surface area contributed by atoms with E-state index in [4.69, 9.17) is 5.73 Å². The van der Waals surface area contributed by atoms with E-state index in [1.165, 1.54) is 0 Å². The van der Waals surface area contributed by atoms with Crippen LogP contribution in [-0.4, -0.2) is 28.2 Å². The third-order valence-corrected chi connectivity index (χ3v) is 6.03. The van der Waals surface area contributed by atoms with Gasteiger partial charge < -0.3 is 9.96 Å². The minimum atomic E-state index is -0.668. The van der Waals surface area contributed by atoms with Crippen LogP contribution in [0.25, 0.3) is 0 Å². The molecule has 0 saturated heterocycles. The second-order valence-electron chi connectivity index (χ2n) is 2.57. The summed E-state index contributed by atoms with van der Waals surface area (Å²) >= 11 is 0. The van der Waals surface area contributed by atoms with E-state index >= 15 is 0 Å². The Labute approximate surface area is 65.6 Å². The van der Waals surface area contributed by atoms with Gasteiger partial charge in [-0.3, -0.25) is 4.79 Å². The van der Waals surface area contributed by atoms with Crippen LogP contribution in [0.1, 0.15) is 0 Å². The molecule has 5 heteroatoms. The Balaban J connectivity index is 4.12. The molecule has 3 nitrogen and oxygen atoms in total. The average molecular weight is 174 g/mol. The van der Waals surface area contributed by atoms with Gasteiger partial charge in [0.05, 0.1) is 0 Å². The fraction of sp³-hybridized carbons (Fsp3) is 0.800. The van der Waals surface area contributed by atoms with Gasteiger partial charge in [-0.15, -0.1) is 0 Å². The number of amides is 2. The van der Waals surface area contributed by atoms with Crippen LogP contribution < -0.4 is 5.73 Å². The highest BCUT2D eigenvalue weighted by atomic mass is 28.3. The summed E-state index contributed by atoms with van der Waals surface area (Å²) < 4.78 is 1.84. The zero-order valence-corrected chi connectivity index (χ0v) is 8.93. The molecule has 0 bridgehead atoms. The number of nitrogens with zero attached hydrogens (tertiary/aromatic N) is 1. The molecule has 0 aliphatic carbocycles. The van der Waals surface area contributed by atoms with Crippen molar-refractivity contribution in [2.24, 2.45) is 5.73 Å². The van der Waals surface area contributed by atoms with Gasteiger partial charge in [0.15, 0.2) is 17.9 Å². The summed E-state index contributed by atoms with van der Waals surface area (Å²) in [6.45, 7) is 8.31. The quantitative estimate of drug-likeness (QED) is 0.620. The summed E-state index contributed by atoms with van der Waals surface area (Å²) in [4.78, 5) is 10.8. The largest absolute Gasteiger partial charge is 0.379 e. The highest BCUT2D eigenvalue weighted by Gasteiger charge is 2.18. The van der Waals surface area contributed by atoms with Crippen molar-refractivity contribution in [1.82, 2.24) is 4.23 Å². The van der Waals surface area contributed by atoms with Gasteiger partial charge >= 0.3 is 0 Å². The Hall–Kier alpha value is -0.296. The number of carbonyl (C=O) groups excluding carboxylic acids is 1. The third kappa shape index (κ3) is 2.53. The summed E-state index contributed by atoms with van der Waals surface area (Å²) in [5.41, 5.74) is 5.18. The molecule has 0 aliphatic heterocycles. The van der Waals surface area contributed by atoms with Gasteiger partial charge in [-0.25, -0.2) is 0 Å². The van der Waals surface area contributed by atoms with E-state index in [1.54, 1.807) is 0 Å². The summed E-state index contributed by atoms with van der Waals surface area (Å²) in [6, 6.07) is -0.252. The standard InChI is InChI=1S/C5H14N2OSi2/c1-9(2)7(5(6)8)10(3)4/h1-4H3,(H2,6,8). The van der Waals surface area contributed by atoms with Crippen LogP contribution >= 0.6 is 0 Å². The van der Waals surface area contributed by atoms with Crippen molar-refractivity contribution in [2.45, 2.75) is 26.2 Å². The fourth-order valence-electron chi connectivity index (χ4n) is 0.888. The molecule has 0 aromatic carbocycles. The normalized spacial score (nSPS) is 10.6. The second kappa shape index (κ2) is 3.77. The van der Waals surface area contributed by atoms with E-state index in [0.29, 0.717) is 0 Å². The first-order valence-electron chi connectivity index (χ1n) is 3.16. The second-order valence-corrected chi connectivity index (χ2v) is 7.70. The first kappa shape index (κ1) is 9.70. The Morgan fingerprint density at radius 3 is 1.50 bits per heavy atom. The lowest BCUT2D eigenvalue weighted by atomic mass is 11.2. The minimum Gasteiger partial charge on any atom is -0.379 e. The van der Waals surface area contributed by atoms with Gasteiger partial charge in [-0.1, -0.05) is 26.2 Å². The average Bonchev–Trinajstić information content (AvgIpc) is 1.59. The number of primary amides is 1. The summed E-state index contributed by atoms with van der Waals surface area (Å²) in [7, 11) is -1.34. The van der Waals surface area contributed by atoms with Crippen molar-refractivity contribution in [3.05, 3.63) is 0 Å². The van der Waals surface area contributed by atoms with Crippen molar-refractivity contribution >= 4 is 23.9 Å². The third-order valence-electron chi connectivity index (χ3n) is 1.11. The topological polar surface area (TPSA) is 46.3 Å². The Morgan fingerprint density at radius 1 is 1.20 bits per heavy atom. The highest BCUT2D eigenvalue weighted by molar-refractivity contribution is 6.73. The van der Waals surface area contributed by atoms with Crippen molar-refractivity contribution < 1.29 is 4.79 Å². The van der Waals surface area contributed by atoms with Crippen LogP contribution in [0, 0.1) is 0 Å². The summed E-state index contributed by atoms with van der Waals surface area (Å²) in [5.74, 6) is 0. The highest BCUT2D eigenvalue weighted by Crippen LogP contribution is 1.97. The zero-order valence-electron chi connectivity index (χ0n) is 6.93. The molecule has 2 amide bonds. The van der Waals surface area contributed by atoms with Crippen LogP contribution in [0.3, 0.4) is 0 Å². The number of hydrogen-bond donors (Lipinski definition) is 1. The van der Waals surface area contributed by atoms with E-state index < -0.39 is 17.9 Å². The molecule has 2 N–H and O–H groups in total. The van der Waals surface area contributed by atoms with Gasteiger partial charge in [0.2, 0.25) is 0 Å². The summed E-state index contributed by atoms with van der Waals surface area (Å²) in [5, 5.41) is 0. The van der Waals surface area contributed by atoms with E-state index in [0.717, 1.165) is 0 Å². The van der Waals surface area contributed by atoms with Crippen molar-refractivity contribution in [2.75, 3.05) is 0 Å². The molecule has 0 saturated carbocycles. The number of nitrogens with two attached hydrogens (primary N) is 1. The Morgan fingerprint density at radius 2 is 1.50 bits per heavy atom. The van der Waals surface area contributed by atoms with Crippen LogP contribution in [0.4, 0.5) is 4.79 Å². The van der Waals surface area contributed by atoms with E-state index in [9.17, 15) is 4.79 Å². The smallest absolute Gasteiger partial charge is 0.298 e. The molecule has 2 radical (unpaired) electrons. The fourth-order valence-corrected chi connectivity index (χ4v) is 5.35. The van der Waals surface area contributed by atoms with E-state index in [-0.39, 0.29) is 6.03 Å². The van der Waals surface area contributed by atoms with Crippen LogP contribution in [-0.2, 0) is 0 Å². The van der Waals surface area contributed by atoms with Gasteiger partial charge in [0.25, 0.3) is 6.03 Å². The maximum atomic E-state index is 10.8. The van der Waals surface area contributed by atoms with Gasteiger partial charge in [0, 0.05) is 0 Å². The first-order chi connectivity index (χ1) is 4.46. The van der Waals surface area contributed by atoms with Crippen molar-refractivity contribution in [1.29, 1.82) is 0 Å². The molecular weight excluding hydrogens is 160 g/mol. The van der Waals surface area contributed by atoms with Crippen molar-refractivity contribution in [3.8, 4) is 0 Å². The molecule has 0 rings (SSSR count). The van der Waals surface area contributed by atoms with E-state index in [1.807, 2.05) is 4.23 Å². The van der Waals surface area contributed by atoms with Gasteiger partial charge in [-0.2, -0.15) is 0 Å². The maximum Gasteiger partial charge on any atom is 0.298 e. The lowest BCUT2D eigenvalue weighted by Gasteiger charge is -2.26. The van der Waals surface area contributed by atoms with Gasteiger partial charge in [0.1, 0.15) is 0 Å². The SMILES string of the molecule is C[Si](C)N(C(N)=O)[Si](C)C. The lowest BCUT2D eigenvalue weighted by molar-refractivity contribution is 0.243. The Bertz CT molecular complexity index is 119. The summed E-state index contributed by atoms with van der Waals surface area (Å²) in [6.07, 6.45) is 0.